The molecule has 1 aromatic heterocycles. The number of ether oxygens (including phenoxy) is 2. The molecule has 0 aromatic carbocycles. The highest BCUT2D eigenvalue weighted by atomic mass is 16.6. The third-order valence-electron chi connectivity index (χ3n) is 3.47. The van der Waals surface area contributed by atoms with Gasteiger partial charge >= 0.3 is 5.97 Å². The van der Waals surface area contributed by atoms with Gasteiger partial charge in [0.15, 0.2) is 5.82 Å². The molecule has 0 saturated carbocycles. The van der Waals surface area contributed by atoms with Gasteiger partial charge in [0, 0.05) is 11.4 Å². The van der Waals surface area contributed by atoms with Gasteiger partial charge in [0.05, 0.1) is 25.7 Å². The summed E-state index contributed by atoms with van der Waals surface area (Å²) in [6, 6.07) is 0. The molecular weight excluding hydrogens is 260 g/mol. The maximum atomic E-state index is 11.0. The Morgan fingerprint density at radius 2 is 2.00 bits per heavy atom. The van der Waals surface area contributed by atoms with Crippen LogP contribution in [0.1, 0.15) is 35.8 Å². The fraction of sp³-hybridized carbons (Fsp3) is 0.643. The van der Waals surface area contributed by atoms with E-state index in [4.69, 9.17) is 14.6 Å². The number of aryl methyl sites for hydroxylation is 2. The zero-order valence-corrected chi connectivity index (χ0v) is 12.0. The number of rotatable bonds is 4. The van der Waals surface area contributed by atoms with Gasteiger partial charge in [-0.05, 0) is 25.8 Å². The van der Waals surface area contributed by atoms with Crippen LogP contribution < -0.4 is 0 Å². The first-order valence-electron chi connectivity index (χ1n) is 6.75. The maximum absolute atomic E-state index is 11.0. The van der Waals surface area contributed by atoms with E-state index in [1.165, 1.54) is 0 Å². The standard InChI is InChI=1S/C14H20N2O4/c1-8(14(17)18)6-11-9(2)15-13(16-10(11)3)12-7-19-4-5-20-12/h8,12H,4-7H2,1-3H3,(H,17,18). The van der Waals surface area contributed by atoms with Gasteiger partial charge in [-0.1, -0.05) is 6.92 Å². The second-order valence-corrected chi connectivity index (χ2v) is 5.11. The van der Waals surface area contributed by atoms with Crippen LogP contribution in [0.3, 0.4) is 0 Å². The molecule has 0 aliphatic carbocycles. The van der Waals surface area contributed by atoms with Crippen LogP contribution >= 0.6 is 0 Å². The predicted octanol–water partition coefficient (Wildman–Crippen LogP) is 1.44. The van der Waals surface area contributed by atoms with Crippen LogP contribution in [0.15, 0.2) is 0 Å². The van der Waals surface area contributed by atoms with Crippen LogP contribution in [-0.2, 0) is 20.7 Å². The molecule has 1 saturated heterocycles. The second kappa shape index (κ2) is 6.28. The molecule has 110 valence electrons. The molecule has 1 aliphatic rings. The Bertz CT molecular complexity index is 475. The zero-order valence-electron chi connectivity index (χ0n) is 12.0. The number of hydrogen-bond donors (Lipinski definition) is 1. The summed E-state index contributed by atoms with van der Waals surface area (Å²) >= 11 is 0. The number of aliphatic carboxylic acids is 1. The number of hydrogen-bond acceptors (Lipinski definition) is 5. The number of aromatic nitrogens is 2. The fourth-order valence-electron chi connectivity index (χ4n) is 2.24. The van der Waals surface area contributed by atoms with E-state index < -0.39 is 11.9 Å². The highest BCUT2D eigenvalue weighted by Gasteiger charge is 2.22. The lowest BCUT2D eigenvalue weighted by molar-refractivity contribution is -0.141. The van der Waals surface area contributed by atoms with Gasteiger partial charge in [0.1, 0.15) is 6.10 Å². The average molecular weight is 280 g/mol. The molecule has 20 heavy (non-hydrogen) atoms. The summed E-state index contributed by atoms with van der Waals surface area (Å²) in [5.41, 5.74) is 2.53. The van der Waals surface area contributed by atoms with E-state index in [1.807, 2.05) is 13.8 Å². The van der Waals surface area contributed by atoms with Gasteiger partial charge in [-0.25, -0.2) is 9.97 Å². The Balaban J connectivity index is 2.21. The summed E-state index contributed by atoms with van der Waals surface area (Å²) in [5, 5.41) is 9.01. The summed E-state index contributed by atoms with van der Waals surface area (Å²) in [4.78, 5) is 19.9. The minimum atomic E-state index is -0.808. The van der Waals surface area contributed by atoms with Crippen LogP contribution in [0.2, 0.25) is 0 Å². The predicted molar refractivity (Wildman–Crippen MR) is 71.5 cm³/mol. The molecule has 1 N–H and O–H groups in total. The molecular formula is C14H20N2O4. The molecule has 2 atom stereocenters. The van der Waals surface area contributed by atoms with Crippen molar-refractivity contribution in [2.45, 2.75) is 33.3 Å². The van der Waals surface area contributed by atoms with E-state index in [1.54, 1.807) is 6.92 Å². The maximum Gasteiger partial charge on any atom is 0.306 e. The van der Waals surface area contributed by atoms with Gasteiger partial charge in [-0.3, -0.25) is 4.79 Å². The molecule has 6 heteroatoms. The normalized spacial score (nSPS) is 20.6. The summed E-state index contributed by atoms with van der Waals surface area (Å²) in [6.45, 7) is 7.06. The summed E-state index contributed by atoms with van der Waals surface area (Å²) in [6.07, 6.45) is 0.210. The Morgan fingerprint density at radius 1 is 1.35 bits per heavy atom. The van der Waals surface area contributed by atoms with Crippen LogP contribution in [-0.4, -0.2) is 40.9 Å². The lowest BCUT2D eigenvalue weighted by Crippen LogP contribution is -2.25. The van der Waals surface area contributed by atoms with E-state index in [0.29, 0.717) is 32.1 Å². The van der Waals surface area contributed by atoms with Gasteiger partial charge in [-0.15, -0.1) is 0 Å². The van der Waals surface area contributed by atoms with E-state index in [0.717, 1.165) is 17.0 Å². The van der Waals surface area contributed by atoms with Crippen LogP contribution in [0.5, 0.6) is 0 Å². The number of carboxylic acid groups (broad SMARTS) is 1. The minimum Gasteiger partial charge on any atom is -0.481 e. The molecule has 6 nitrogen and oxygen atoms in total. The van der Waals surface area contributed by atoms with Crippen molar-refractivity contribution in [3.05, 3.63) is 22.8 Å². The summed E-state index contributed by atoms with van der Waals surface area (Å²) in [5.74, 6) is -0.639. The van der Waals surface area contributed by atoms with Crippen molar-refractivity contribution >= 4 is 5.97 Å². The molecule has 0 bridgehead atoms. The summed E-state index contributed by atoms with van der Waals surface area (Å²) in [7, 11) is 0. The lowest BCUT2D eigenvalue weighted by atomic mass is 9.99. The Hall–Kier alpha value is -1.53. The molecule has 0 amide bonds. The second-order valence-electron chi connectivity index (χ2n) is 5.11. The van der Waals surface area contributed by atoms with Gasteiger partial charge in [-0.2, -0.15) is 0 Å². The Morgan fingerprint density at radius 3 is 2.50 bits per heavy atom. The van der Waals surface area contributed by atoms with Crippen molar-refractivity contribution in [2.24, 2.45) is 5.92 Å². The molecule has 1 aliphatic heterocycles. The highest BCUT2D eigenvalue weighted by molar-refractivity contribution is 5.70. The van der Waals surface area contributed by atoms with E-state index in [2.05, 4.69) is 9.97 Å². The van der Waals surface area contributed by atoms with Crippen LogP contribution in [0.25, 0.3) is 0 Å². The van der Waals surface area contributed by atoms with Crippen molar-refractivity contribution in [3.63, 3.8) is 0 Å². The first-order valence-corrected chi connectivity index (χ1v) is 6.75. The molecule has 1 fully saturated rings. The van der Waals surface area contributed by atoms with Crippen molar-refractivity contribution in [2.75, 3.05) is 19.8 Å². The van der Waals surface area contributed by atoms with Gasteiger partial charge in [0.25, 0.3) is 0 Å². The molecule has 0 spiro atoms. The number of carbonyl (C=O) groups is 1. The lowest BCUT2D eigenvalue weighted by Gasteiger charge is -2.23. The monoisotopic (exact) mass is 280 g/mol. The SMILES string of the molecule is Cc1nc(C2COCCO2)nc(C)c1CC(C)C(=O)O. The van der Waals surface area contributed by atoms with Crippen molar-refractivity contribution < 1.29 is 19.4 Å². The van der Waals surface area contributed by atoms with Crippen LogP contribution in [0.4, 0.5) is 0 Å². The quantitative estimate of drug-likeness (QED) is 0.899. The molecule has 2 heterocycles. The molecule has 1 aromatic rings. The van der Waals surface area contributed by atoms with Crippen molar-refractivity contribution in [1.29, 1.82) is 0 Å². The van der Waals surface area contributed by atoms with Crippen LogP contribution in [0, 0.1) is 19.8 Å². The molecule has 2 rings (SSSR count). The Labute approximate surface area is 118 Å². The van der Waals surface area contributed by atoms with Crippen molar-refractivity contribution in [1.82, 2.24) is 9.97 Å². The van der Waals surface area contributed by atoms with E-state index >= 15 is 0 Å². The van der Waals surface area contributed by atoms with Crippen molar-refractivity contribution in [3.8, 4) is 0 Å². The largest absolute Gasteiger partial charge is 0.481 e. The fourth-order valence-corrected chi connectivity index (χ4v) is 2.24. The first-order chi connectivity index (χ1) is 9.49. The van der Waals surface area contributed by atoms with E-state index in [-0.39, 0.29) is 6.10 Å². The number of carboxylic acids is 1. The summed E-state index contributed by atoms with van der Waals surface area (Å²) < 4.78 is 10.9. The van der Waals surface area contributed by atoms with Gasteiger partial charge < -0.3 is 14.6 Å². The minimum absolute atomic E-state index is 0.230. The smallest absolute Gasteiger partial charge is 0.306 e. The number of nitrogens with zero attached hydrogens (tertiary/aromatic N) is 2. The topological polar surface area (TPSA) is 81.5 Å². The highest BCUT2D eigenvalue weighted by Crippen LogP contribution is 2.21. The third-order valence-corrected chi connectivity index (χ3v) is 3.47. The third kappa shape index (κ3) is 3.32. The first kappa shape index (κ1) is 14.9. The van der Waals surface area contributed by atoms with E-state index in [9.17, 15) is 4.79 Å². The molecule has 0 radical (unpaired) electrons. The zero-order chi connectivity index (χ0) is 14.7. The Kier molecular flexibility index (Phi) is 4.67. The molecule has 2 unspecified atom stereocenters. The average Bonchev–Trinajstić information content (AvgIpc) is 2.43. The van der Waals surface area contributed by atoms with Gasteiger partial charge in [0.2, 0.25) is 0 Å².